The Morgan fingerprint density at radius 1 is 1.05 bits per heavy atom. The van der Waals surface area contributed by atoms with E-state index in [1.54, 1.807) is 30.3 Å². The lowest BCUT2D eigenvalue weighted by molar-refractivity contribution is 0.601. The summed E-state index contributed by atoms with van der Waals surface area (Å²) in [6.45, 7) is 0. The topological polar surface area (TPSA) is 98.0 Å². The van der Waals surface area contributed by atoms with Crippen LogP contribution in [0.5, 0.6) is 0 Å². The largest absolute Gasteiger partial charge is 0.399 e. The van der Waals surface area contributed by atoms with E-state index < -0.39 is 10.0 Å². The average molecular weight is 306 g/mol. The first-order valence-corrected chi connectivity index (χ1v) is 7.87. The maximum Gasteiger partial charge on any atom is 0.261 e. The number of nitrogens with zero attached hydrogens (tertiary/aromatic N) is 2. The van der Waals surface area contributed by atoms with Gasteiger partial charge in [0, 0.05) is 5.69 Å². The van der Waals surface area contributed by atoms with Crippen molar-refractivity contribution in [2.24, 2.45) is 0 Å². The van der Waals surface area contributed by atoms with Crippen LogP contribution in [-0.2, 0) is 10.0 Å². The minimum atomic E-state index is -3.66. The van der Waals surface area contributed by atoms with E-state index in [1.807, 2.05) is 0 Å². The van der Waals surface area contributed by atoms with Gasteiger partial charge in [-0.15, -0.1) is 0 Å². The molecule has 0 radical (unpaired) electrons. The Kier molecular flexibility index (Phi) is 3.03. The molecule has 0 unspecified atom stereocenters. The number of nitrogens with two attached hydrogens (primary N) is 1. The van der Waals surface area contributed by atoms with Crippen molar-refractivity contribution < 1.29 is 8.42 Å². The van der Waals surface area contributed by atoms with Gasteiger partial charge in [-0.3, -0.25) is 4.72 Å². The minimum Gasteiger partial charge on any atom is -0.399 e. The lowest BCUT2D eigenvalue weighted by Crippen LogP contribution is -2.13. The van der Waals surface area contributed by atoms with Crippen molar-refractivity contribution in [3.05, 3.63) is 42.5 Å². The molecule has 0 amide bonds. The molecule has 0 atom stereocenters. The van der Waals surface area contributed by atoms with Crippen LogP contribution in [0.2, 0.25) is 0 Å². The normalized spacial score (nSPS) is 11.6. The number of anilines is 2. The highest BCUT2D eigenvalue weighted by molar-refractivity contribution is 7.92. The molecule has 102 valence electrons. The molecule has 8 heteroatoms. The van der Waals surface area contributed by atoms with Gasteiger partial charge in [0.1, 0.15) is 11.0 Å². The van der Waals surface area contributed by atoms with Crippen molar-refractivity contribution in [1.29, 1.82) is 0 Å². The molecule has 1 heterocycles. The second-order valence-electron chi connectivity index (χ2n) is 4.15. The highest BCUT2D eigenvalue weighted by atomic mass is 32.2. The lowest BCUT2D eigenvalue weighted by atomic mass is 10.3. The number of hydrogen-bond donors (Lipinski definition) is 2. The molecule has 3 rings (SSSR count). The number of rotatable bonds is 3. The maximum atomic E-state index is 12.2. The minimum absolute atomic E-state index is 0.119. The SMILES string of the molecule is Nc1cccc(S(=O)(=O)Nc2ccc3nsnc3c2)c1. The van der Waals surface area contributed by atoms with Crippen molar-refractivity contribution in [2.45, 2.75) is 4.90 Å². The van der Waals surface area contributed by atoms with Gasteiger partial charge in [-0.05, 0) is 36.4 Å². The summed E-state index contributed by atoms with van der Waals surface area (Å²) in [6.07, 6.45) is 0. The van der Waals surface area contributed by atoms with E-state index in [1.165, 1.54) is 12.1 Å². The molecule has 0 fully saturated rings. The average Bonchev–Trinajstić information content (AvgIpc) is 2.85. The highest BCUT2D eigenvalue weighted by Crippen LogP contribution is 2.21. The maximum absolute atomic E-state index is 12.2. The van der Waals surface area contributed by atoms with Crippen molar-refractivity contribution in [3.8, 4) is 0 Å². The van der Waals surface area contributed by atoms with Crippen molar-refractivity contribution in [3.63, 3.8) is 0 Å². The van der Waals surface area contributed by atoms with Gasteiger partial charge in [0.15, 0.2) is 0 Å². The number of nitrogen functional groups attached to an aromatic ring is 1. The third-order valence-corrected chi connectivity index (χ3v) is 4.61. The molecular weight excluding hydrogens is 296 g/mol. The van der Waals surface area contributed by atoms with Crippen LogP contribution in [0.15, 0.2) is 47.4 Å². The zero-order valence-electron chi connectivity index (χ0n) is 10.1. The van der Waals surface area contributed by atoms with Gasteiger partial charge in [-0.1, -0.05) is 6.07 Å². The molecule has 3 aromatic rings. The third kappa shape index (κ3) is 2.43. The number of fused-ring (bicyclic) bond motifs is 1. The van der Waals surface area contributed by atoms with Gasteiger partial charge in [0.25, 0.3) is 10.0 Å². The van der Waals surface area contributed by atoms with E-state index in [4.69, 9.17) is 5.73 Å². The van der Waals surface area contributed by atoms with Crippen LogP contribution in [0.1, 0.15) is 0 Å². The van der Waals surface area contributed by atoms with Gasteiger partial charge in [-0.2, -0.15) is 8.75 Å². The van der Waals surface area contributed by atoms with Crippen LogP contribution >= 0.6 is 11.7 Å². The molecule has 0 aliphatic heterocycles. The lowest BCUT2D eigenvalue weighted by Gasteiger charge is -2.08. The van der Waals surface area contributed by atoms with E-state index in [0.29, 0.717) is 16.9 Å². The summed E-state index contributed by atoms with van der Waals surface area (Å²) in [4.78, 5) is 0.119. The van der Waals surface area contributed by atoms with E-state index >= 15 is 0 Å². The molecule has 1 aromatic heterocycles. The molecular formula is C12H10N4O2S2. The zero-order chi connectivity index (χ0) is 14.2. The fourth-order valence-electron chi connectivity index (χ4n) is 1.74. The Labute approximate surface area is 119 Å². The predicted molar refractivity (Wildman–Crippen MR) is 79.1 cm³/mol. The van der Waals surface area contributed by atoms with Gasteiger partial charge in [-0.25, -0.2) is 8.42 Å². The first kappa shape index (κ1) is 12.8. The first-order valence-electron chi connectivity index (χ1n) is 5.65. The summed E-state index contributed by atoms with van der Waals surface area (Å²) in [6, 6.07) is 11.1. The Morgan fingerprint density at radius 2 is 1.85 bits per heavy atom. The summed E-state index contributed by atoms with van der Waals surface area (Å²) >= 11 is 1.08. The van der Waals surface area contributed by atoms with Crippen molar-refractivity contribution in [2.75, 3.05) is 10.5 Å². The summed E-state index contributed by atoms with van der Waals surface area (Å²) in [7, 11) is -3.66. The molecule has 0 saturated heterocycles. The molecule has 3 N–H and O–H groups in total. The molecule has 20 heavy (non-hydrogen) atoms. The Hall–Kier alpha value is -2.19. The second-order valence-corrected chi connectivity index (χ2v) is 6.36. The molecule has 0 aliphatic rings. The predicted octanol–water partition coefficient (Wildman–Crippen LogP) is 2.07. The van der Waals surface area contributed by atoms with Gasteiger partial charge in [0.05, 0.1) is 22.3 Å². The Morgan fingerprint density at radius 3 is 2.65 bits per heavy atom. The first-order chi connectivity index (χ1) is 9.54. The van der Waals surface area contributed by atoms with E-state index in [9.17, 15) is 8.42 Å². The van der Waals surface area contributed by atoms with Crippen molar-refractivity contribution in [1.82, 2.24) is 8.75 Å². The summed E-state index contributed by atoms with van der Waals surface area (Å²) in [5.41, 5.74) is 7.83. The molecule has 0 spiro atoms. The van der Waals surface area contributed by atoms with Gasteiger partial charge >= 0.3 is 0 Å². The van der Waals surface area contributed by atoms with E-state index in [2.05, 4.69) is 13.5 Å². The Bertz CT molecular complexity index is 874. The van der Waals surface area contributed by atoms with E-state index in [0.717, 1.165) is 17.2 Å². The smallest absolute Gasteiger partial charge is 0.261 e. The zero-order valence-corrected chi connectivity index (χ0v) is 11.8. The monoisotopic (exact) mass is 306 g/mol. The molecule has 6 nitrogen and oxygen atoms in total. The number of benzene rings is 2. The number of nitrogens with one attached hydrogen (secondary N) is 1. The highest BCUT2D eigenvalue weighted by Gasteiger charge is 2.14. The number of sulfonamides is 1. The molecule has 0 aliphatic carbocycles. The fraction of sp³-hybridized carbons (Fsp3) is 0. The van der Waals surface area contributed by atoms with Crippen LogP contribution in [0.25, 0.3) is 11.0 Å². The quantitative estimate of drug-likeness (QED) is 0.722. The summed E-state index contributed by atoms with van der Waals surface area (Å²) in [5, 5.41) is 0. The summed E-state index contributed by atoms with van der Waals surface area (Å²) in [5.74, 6) is 0. The van der Waals surface area contributed by atoms with Crippen LogP contribution < -0.4 is 10.5 Å². The number of aromatic nitrogens is 2. The van der Waals surface area contributed by atoms with E-state index in [-0.39, 0.29) is 4.90 Å². The molecule has 2 aromatic carbocycles. The van der Waals surface area contributed by atoms with Crippen LogP contribution in [0.3, 0.4) is 0 Å². The Balaban J connectivity index is 1.96. The fourth-order valence-corrected chi connectivity index (χ4v) is 3.36. The third-order valence-electron chi connectivity index (χ3n) is 2.67. The van der Waals surface area contributed by atoms with Gasteiger partial charge in [0.2, 0.25) is 0 Å². The standard InChI is InChI=1S/C12H10N4O2S2/c13-8-2-1-3-10(6-8)20(17,18)16-9-4-5-11-12(7-9)15-19-14-11/h1-7,16H,13H2. The molecule has 0 bridgehead atoms. The van der Waals surface area contributed by atoms with Crippen LogP contribution in [0.4, 0.5) is 11.4 Å². The van der Waals surface area contributed by atoms with Crippen LogP contribution in [-0.4, -0.2) is 17.2 Å². The number of hydrogen-bond acceptors (Lipinski definition) is 6. The van der Waals surface area contributed by atoms with Crippen molar-refractivity contribution >= 4 is 44.2 Å². The van der Waals surface area contributed by atoms with Crippen LogP contribution in [0, 0.1) is 0 Å². The van der Waals surface area contributed by atoms with Gasteiger partial charge < -0.3 is 5.73 Å². The molecule has 0 saturated carbocycles. The summed E-state index contributed by atoms with van der Waals surface area (Å²) < 4.78 is 35.1. The second kappa shape index (κ2) is 4.73.